The molecule has 1 nitrogen and oxygen atoms in total. The van der Waals surface area contributed by atoms with Crippen LogP contribution in [0.1, 0.15) is 72.1 Å². The Morgan fingerprint density at radius 2 is 1.82 bits per heavy atom. The van der Waals surface area contributed by atoms with Crippen LogP contribution in [0, 0.1) is 17.3 Å². The molecule has 0 heterocycles. The van der Waals surface area contributed by atoms with Gasteiger partial charge in [0.25, 0.3) is 0 Å². The van der Waals surface area contributed by atoms with Gasteiger partial charge in [-0.15, -0.1) is 0 Å². The fourth-order valence-electron chi connectivity index (χ4n) is 3.71. The molecule has 2 aliphatic rings. The standard InChI is InChI=1S/C16H31N/c1-13-6-4-7-14(13)12-17-15-8-5-10-16(2,3)11-9-15/h13-15,17H,4-12H2,1-3H3. The minimum absolute atomic E-state index is 0.594. The van der Waals surface area contributed by atoms with Crippen molar-refractivity contribution in [2.75, 3.05) is 6.54 Å². The quantitative estimate of drug-likeness (QED) is 0.719. The van der Waals surface area contributed by atoms with Gasteiger partial charge in [0.2, 0.25) is 0 Å². The monoisotopic (exact) mass is 237 g/mol. The van der Waals surface area contributed by atoms with Crippen LogP contribution < -0.4 is 5.32 Å². The molecule has 1 heteroatoms. The first kappa shape index (κ1) is 13.4. The minimum Gasteiger partial charge on any atom is -0.314 e. The van der Waals surface area contributed by atoms with E-state index in [1.54, 1.807) is 0 Å². The van der Waals surface area contributed by atoms with Gasteiger partial charge in [0.05, 0.1) is 0 Å². The summed E-state index contributed by atoms with van der Waals surface area (Å²) in [4.78, 5) is 0. The van der Waals surface area contributed by atoms with Gasteiger partial charge >= 0.3 is 0 Å². The number of hydrogen-bond acceptors (Lipinski definition) is 1. The molecule has 0 aromatic heterocycles. The first-order valence-electron chi connectivity index (χ1n) is 7.80. The first-order chi connectivity index (χ1) is 8.07. The third-order valence-corrected chi connectivity index (χ3v) is 5.28. The zero-order chi connectivity index (χ0) is 12.3. The highest BCUT2D eigenvalue weighted by molar-refractivity contribution is 4.82. The second kappa shape index (κ2) is 5.73. The summed E-state index contributed by atoms with van der Waals surface area (Å²) < 4.78 is 0. The molecule has 3 unspecified atom stereocenters. The highest BCUT2D eigenvalue weighted by Crippen LogP contribution is 2.34. The van der Waals surface area contributed by atoms with E-state index < -0.39 is 0 Å². The van der Waals surface area contributed by atoms with Crippen molar-refractivity contribution < 1.29 is 0 Å². The molecule has 2 fully saturated rings. The SMILES string of the molecule is CC1CCCC1CNC1CCCC(C)(C)CC1. The third kappa shape index (κ3) is 3.98. The summed E-state index contributed by atoms with van der Waals surface area (Å²) in [6.45, 7) is 8.60. The predicted molar refractivity (Wildman–Crippen MR) is 75.2 cm³/mol. The number of hydrogen-bond donors (Lipinski definition) is 1. The predicted octanol–water partition coefficient (Wildman–Crippen LogP) is 4.37. The van der Waals surface area contributed by atoms with E-state index >= 15 is 0 Å². The molecule has 0 bridgehead atoms. The van der Waals surface area contributed by atoms with Crippen molar-refractivity contribution in [1.29, 1.82) is 0 Å². The largest absolute Gasteiger partial charge is 0.314 e. The van der Waals surface area contributed by atoms with Crippen LogP contribution in [0.15, 0.2) is 0 Å². The Bertz CT molecular complexity index is 234. The number of rotatable bonds is 3. The van der Waals surface area contributed by atoms with Gasteiger partial charge in [-0.05, 0) is 55.9 Å². The molecule has 2 saturated carbocycles. The zero-order valence-electron chi connectivity index (χ0n) is 12.1. The van der Waals surface area contributed by atoms with E-state index in [-0.39, 0.29) is 0 Å². The molecule has 0 amide bonds. The van der Waals surface area contributed by atoms with Crippen molar-refractivity contribution in [3.05, 3.63) is 0 Å². The van der Waals surface area contributed by atoms with Crippen LogP contribution in [0.3, 0.4) is 0 Å². The number of nitrogens with one attached hydrogen (secondary N) is 1. The maximum Gasteiger partial charge on any atom is 0.00673 e. The second-order valence-electron chi connectivity index (χ2n) is 7.37. The van der Waals surface area contributed by atoms with Crippen molar-refractivity contribution in [3.8, 4) is 0 Å². The summed E-state index contributed by atoms with van der Waals surface area (Å²) in [5, 5.41) is 3.87. The van der Waals surface area contributed by atoms with E-state index in [2.05, 4.69) is 26.1 Å². The fourth-order valence-corrected chi connectivity index (χ4v) is 3.71. The molecule has 2 rings (SSSR count). The van der Waals surface area contributed by atoms with Crippen LogP contribution in [0.2, 0.25) is 0 Å². The van der Waals surface area contributed by atoms with E-state index in [1.807, 2.05) is 0 Å². The van der Waals surface area contributed by atoms with Crippen molar-refractivity contribution >= 4 is 0 Å². The molecular weight excluding hydrogens is 206 g/mol. The van der Waals surface area contributed by atoms with Gasteiger partial charge < -0.3 is 5.32 Å². The van der Waals surface area contributed by atoms with Crippen LogP contribution in [-0.2, 0) is 0 Å². The Morgan fingerprint density at radius 3 is 2.53 bits per heavy atom. The molecule has 0 aromatic rings. The van der Waals surface area contributed by atoms with Gasteiger partial charge in [0.15, 0.2) is 0 Å². The lowest BCUT2D eigenvalue weighted by Crippen LogP contribution is -2.34. The lowest BCUT2D eigenvalue weighted by molar-refractivity contribution is 0.305. The van der Waals surface area contributed by atoms with Gasteiger partial charge in [-0.1, -0.05) is 40.0 Å². The fraction of sp³-hybridized carbons (Fsp3) is 1.00. The van der Waals surface area contributed by atoms with Crippen LogP contribution in [0.5, 0.6) is 0 Å². The van der Waals surface area contributed by atoms with Gasteiger partial charge in [-0.2, -0.15) is 0 Å². The Hall–Kier alpha value is -0.0400. The molecule has 0 radical (unpaired) electrons. The van der Waals surface area contributed by atoms with Crippen LogP contribution in [0.25, 0.3) is 0 Å². The molecule has 100 valence electrons. The lowest BCUT2D eigenvalue weighted by Gasteiger charge is -2.23. The average molecular weight is 237 g/mol. The topological polar surface area (TPSA) is 12.0 Å². The van der Waals surface area contributed by atoms with Gasteiger partial charge in [-0.3, -0.25) is 0 Å². The minimum atomic E-state index is 0.594. The van der Waals surface area contributed by atoms with E-state index in [1.165, 1.54) is 57.9 Å². The maximum absolute atomic E-state index is 3.87. The van der Waals surface area contributed by atoms with E-state index in [9.17, 15) is 0 Å². The average Bonchev–Trinajstić information content (AvgIpc) is 2.58. The van der Waals surface area contributed by atoms with Crippen LogP contribution in [-0.4, -0.2) is 12.6 Å². The lowest BCUT2D eigenvalue weighted by atomic mass is 9.85. The van der Waals surface area contributed by atoms with Crippen molar-refractivity contribution in [2.24, 2.45) is 17.3 Å². The highest BCUT2D eigenvalue weighted by Gasteiger charge is 2.26. The van der Waals surface area contributed by atoms with Gasteiger partial charge in [0.1, 0.15) is 0 Å². The molecule has 1 N–H and O–H groups in total. The van der Waals surface area contributed by atoms with E-state index in [4.69, 9.17) is 0 Å². The molecule has 2 aliphatic carbocycles. The van der Waals surface area contributed by atoms with Crippen LogP contribution >= 0.6 is 0 Å². The van der Waals surface area contributed by atoms with Gasteiger partial charge in [0, 0.05) is 6.04 Å². The summed E-state index contributed by atoms with van der Waals surface area (Å²) >= 11 is 0. The van der Waals surface area contributed by atoms with E-state index in [0.29, 0.717) is 5.41 Å². The maximum atomic E-state index is 3.87. The molecule has 0 aromatic carbocycles. The Labute approximate surface area is 108 Å². The summed E-state index contributed by atoms with van der Waals surface area (Å²) in [6.07, 6.45) is 11.4. The van der Waals surface area contributed by atoms with Crippen molar-refractivity contribution in [1.82, 2.24) is 5.32 Å². The third-order valence-electron chi connectivity index (χ3n) is 5.28. The molecule has 0 aliphatic heterocycles. The Kier molecular flexibility index (Phi) is 4.52. The summed E-state index contributed by atoms with van der Waals surface area (Å²) in [7, 11) is 0. The first-order valence-corrected chi connectivity index (χ1v) is 7.80. The smallest absolute Gasteiger partial charge is 0.00673 e. The Morgan fingerprint density at radius 1 is 1.00 bits per heavy atom. The molecule has 3 atom stereocenters. The summed E-state index contributed by atoms with van der Waals surface area (Å²) in [5.41, 5.74) is 0.594. The molecule has 17 heavy (non-hydrogen) atoms. The van der Waals surface area contributed by atoms with E-state index in [0.717, 1.165) is 17.9 Å². The Balaban J connectivity index is 1.72. The zero-order valence-corrected chi connectivity index (χ0v) is 12.1. The van der Waals surface area contributed by atoms with Gasteiger partial charge in [-0.25, -0.2) is 0 Å². The molecule has 0 saturated heterocycles. The molecular formula is C16H31N. The normalized spacial score (nSPS) is 37.9. The van der Waals surface area contributed by atoms with Crippen molar-refractivity contribution in [3.63, 3.8) is 0 Å². The summed E-state index contributed by atoms with van der Waals surface area (Å²) in [5.74, 6) is 1.93. The van der Waals surface area contributed by atoms with Crippen molar-refractivity contribution in [2.45, 2.75) is 78.2 Å². The van der Waals surface area contributed by atoms with Crippen LogP contribution in [0.4, 0.5) is 0 Å². The summed E-state index contributed by atoms with van der Waals surface area (Å²) in [6, 6.07) is 0.810. The molecule has 0 spiro atoms. The second-order valence-corrected chi connectivity index (χ2v) is 7.37. The highest BCUT2D eigenvalue weighted by atomic mass is 14.9.